The van der Waals surface area contributed by atoms with E-state index in [-0.39, 0.29) is 13.4 Å². The minimum Gasteiger partial charge on any atom is -0.313 e. The van der Waals surface area contributed by atoms with E-state index in [9.17, 15) is 0 Å². The van der Waals surface area contributed by atoms with Crippen molar-refractivity contribution in [3.05, 3.63) is 123 Å². The van der Waals surface area contributed by atoms with Gasteiger partial charge in [-0.15, -0.1) is 0 Å². The maximum atomic E-state index is 2.59. The van der Waals surface area contributed by atoms with Gasteiger partial charge >= 0.3 is 0 Å². The molecule has 3 heteroatoms. The summed E-state index contributed by atoms with van der Waals surface area (Å²) in [7, 11) is 0. The van der Waals surface area contributed by atoms with Gasteiger partial charge in [-0.1, -0.05) is 122 Å². The Hall–Kier alpha value is -3.97. The highest BCUT2D eigenvalue weighted by atomic mass is 15.2. The fourth-order valence-electron chi connectivity index (χ4n) is 8.01. The number of fused-ring (bicyclic) bond motifs is 4. The third-order valence-electron chi connectivity index (χ3n) is 9.49. The summed E-state index contributed by atoms with van der Waals surface area (Å²) in [6.07, 6.45) is 0. The van der Waals surface area contributed by atoms with Gasteiger partial charge in [-0.2, -0.15) is 0 Å². The van der Waals surface area contributed by atoms with Gasteiger partial charge in [0.1, 0.15) is 0 Å². The fourth-order valence-corrected chi connectivity index (χ4v) is 8.01. The summed E-state index contributed by atoms with van der Waals surface area (Å²) >= 11 is 0. The Morgan fingerprint density at radius 3 is 1.32 bits per heavy atom. The molecule has 0 bridgehead atoms. The van der Waals surface area contributed by atoms with Crippen LogP contribution in [0.2, 0.25) is 0 Å². The van der Waals surface area contributed by atoms with E-state index in [0.717, 1.165) is 0 Å². The second kappa shape index (κ2) is 9.28. The minimum absolute atomic E-state index is 0.181. The molecule has 5 aromatic carbocycles. The van der Waals surface area contributed by atoms with Crippen molar-refractivity contribution in [3.8, 4) is 0 Å². The molecular formula is C38H37B2N. The Morgan fingerprint density at radius 1 is 0.415 bits per heavy atom. The van der Waals surface area contributed by atoms with Crippen LogP contribution in [-0.4, -0.2) is 13.4 Å². The van der Waals surface area contributed by atoms with Crippen molar-refractivity contribution < 1.29 is 0 Å². The lowest BCUT2D eigenvalue weighted by molar-refractivity contribution is 1.28. The van der Waals surface area contributed by atoms with Crippen LogP contribution in [0.3, 0.4) is 0 Å². The van der Waals surface area contributed by atoms with Crippen LogP contribution in [0.25, 0.3) is 0 Å². The number of anilines is 3. The molecule has 0 fully saturated rings. The Morgan fingerprint density at radius 2 is 0.829 bits per heavy atom. The Bertz CT molecular complexity index is 1860. The molecule has 0 unspecified atom stereocenters. The molecule has 0 aliphatic carbocycles. The van der Waals surface area contributed by atoms with Crippen LogP contribution in [0.5, 0.6) is 0 Å². The number of aryl methyl sites for hydroxylation is 8. The van der Waals surface area contributed by atoms with Gasteiger partial charge in [-0.05, 0) is 89.4 Å². The van der Waals surface area contributed by atoms with Crippen molar-refractivity contribution in [3.63, 3.8) is 0 Å². The lowest BCUT2D eigenvalue weighted by Crippen LogP contribution is -2.66. The first-order valence-corrected chi connectivity index (χ1v) is 14.9. The van der Waals surface area contributed by atoms with Crippen molar-refractivity contribution in [2.75, 3.05) is 4.90 Å². The van der Waals surface area contributed by atoms with Crippen LogP contribution < -0.4 is 37.7 Å². The number of rotatable bonds is 2. The van der Waals surface area contributed by atoms with Gasteiger partial charge in [0.2, 0.25) is 13.4 Å². The first-order valence-electron chi connectivity index (χ1n) is 14.9. The summed E-state index contributed by atoms with van der Waals surface area (Å²) in [5.74, 6) is 0. The zero-order valence-corrected chi connectivity index (χ0v) is 25.6. The van der Waals surface area contributed by atoms with Crippen LogP contribution in [0.1, 0.15) is 44.5 Å². The van der Waals surface area contributed by atoms with Crippen molar-refractivity contribution in [1.29, 1.82) is 0 Å². The van der Waals surface area contributed by atoms with Crippen LogP contribution in [-0.2, 0) is 0 Å². The summed E-state index contributed by atoms with van der Waals surface area (Å²) in [6, 6.07) is 30.6. The summed E-state index contributed by atoms with van der Waals surface area (Å²) in [5.41, 5.74) is 23.3. The van der Waals surface area contributed by atoms with E-state index < -0.39 is 0 Å². The Kier molecular flexibility index (Phi) is 5.88. The van der Waals surface area contributed by atoms with Crippen LogP contribution in [0.4, 0.5) is 17.1 Å². The SMILES string of the molecule is Cc1cc(C)c(B2c3cc(C)ccc3N3c4ccc(C)cc4B(c4c(C)cccc4C)c4cc(C)cc2c43)c(C)c1. The lowest BCUT2D eigenvalue weighted by atomic mass is 9.29. The van der Waals surface area contributed by atoms with Crippen molar-refractivity contribution >= 4 is 63.3 Å². The van der Waals surface area contributed by atoms with E-state index in [1.807, 2.05) is 0 Å². The molecule has 5 aromatic rings. The Labute approximate surface area is 246 Å². The zero-order valence-electron chi connectivity index (χ0n) is 25.6. The third kappa shape index (κ3) is 3.86. The minimum atomic E-state index is 0.181. The summed E-state index contributed by atoms with van der Waals surface area (Å²) in [6.45, 7) is 18.5. The van der Waals surface area contributed by atoms with Crippen LogP contribution >= 0.6 is 0 Å². The van der Waals surface area contributed by atoms with Gasteiger partial charge in [0, 0.05) is 17.1 Å². The van der Waals surface area contributed by atoms with Crippen molar-refractivity contribution in [2.24, 2.45) is 0 Å². The van der Waals surface area contributed by atoms with E-state index >= 15 is 0 Å². The highest BCUT2D eigenvalue weighted by molar-refractivity contribution is 7.02. The molecule has 2 aliphatic rings. The number of benzene rings is 5. The highest BCUT2D eigenvalue weighted by Crippen LogP contribution is 2.38. The fraction of sp³-hybridized carbons (Fsp3) is 0.211. The standard InChI is InChI=1S/C38H37B2N/c1-22-12-14-34-30(18-22)39(36-26(5)10-9-11-27(36)6)32-20-25(4)21-33-38(32)41(34)35-15-13-23(2)19-31(35)40(33)37-28(7)16-24(3)17-29(37)8/h9-21H,1-8H3. The van der Waals surface area contributed by atoms with E-state index in [1.165, 1.54) is 94.3 Å². The molecule has 0 atom stereocenters. The van der Waals surface area contributed by atoms with E-state index in [0.29, 0.717) is 0 Å². The van der Waals surface area contributed by atoms with Gasteiger partial charge in [0.15, 0.2) is 0 Å². The van der Waals surface area contributed by atoms with E-state index in [1.54, 1.807) is 0 Å². The van der Waals surface area contributed by atoms with Crippen LogP contribution in [0.15, 0.2) is 78.9 Å². The molecule has 0 N–H and O–H groups in total. The molecule has 0 saturated heterocycles. The molecular weight excluding hydrogens is 492 g/mol. The highest BCUT2D eigenvalue weighted by Gasteiger charge is 2.44. The second-order valence-electron chi connectivity index (χ2n) is 12.7. The molecule has 41 heavy (non-hydrogen) atoms. The van der Waals surface area contributed by atoms with Gasteiger partial charge < -0.3 is 4.90 Å². The molecule has 0 radical (unpaired) electrons. The van der Waals surface area contributed by atoms with E-state index in [4.69, 9.17) is 0 Å². The zero-order chi connectivity index (χ0) is 28.7. The van der Waals surface area contributed by atoms with Gasteiger partial charge in [0.05, 0.1) is 0 Å². The predicted molar refractivity (Wildman–Crippen MR) is 181 cm³/mol. The smallest absolute Gasteiger partial charge is 0.247 e. The van der Waals surface area contributed by atoms with Gasteiger partial charge in [-0.3, -0.25) is 0 Å². The molecule has 2 heterocycles. The monoisotopic (exact) mass is 529 g/mol. The molecule has 200 valence electrons. The average molecular weight is 529 g/mol. The molecule has 7 rings (SSSR count). The number of hydrogen-bond donors (Lipinski definition) is 0. The summed E-state index contributed by atoms with van der Waals surface area (Å²) in [4.78, 5) is 2.59. The first kappa shape index (κ1) is 26.0. The summed E-state index contributed by atoms with van der Waals surface area (Å²) in [5, 5.41) is 0. The molecule has 0 spiro atoms. The summed E-state index contributed by atoms with van der Waals surface area (Å²) < 4.78 is 0. The topological polar surface area (TPSA) is 3.24 Å². The molecule has 0 saturated carbocycles. The van der Waals surface area contributed by atoms with Crippen molar-refractivity contribution in [1.82, 2.24) is 0 Å². The van der Waals surface area contributed by atoms with Crippen LogP contribution in [0, 0.1) is 55.4 Å². The molecule has 2 aliphatic heterocycles. The normalized spacial score (nSPS) is 13.2. The predicted octanol–water partition coefficient (Wildman–Crippen LogP) is 5.28. The molecule has 0 amide bonds. The largest absolute Gasteiger partial charge is 0.313 e. The first-order chi connectivity index (χ1) is 19.6. The van der Waals surface area contributed by atoms with Gasteiger partial charge in [-0.25, -0.2) is 0 Å². The quantitative estimate of drug-likeness (QED) is 0.276. The van der Waals surface area contributed by atoms with E-state index in [2.05, 4.69) is 139 Å². The molecule has 1 nitrogen and oxygen atoms in total. The molecule has 0 aromatic heterocycles. The Balaban J connectivity index is 1.64. The lowest BCUT2D eigenvalue weighted by Gasteiger charge is -2.45. The number of hydrogen-bond acceptors (Lipinski definition) is 1. The third-order valence-corrected chi connectivity index (χ3v) is 9.49. The maximum absolute atomic E-state index is 2.59. The second-order valence-corrected chi connectivity index (χ2v) is 12.7. The van der Waals surface area contributed by atoms with Crippen molar-refractivity contribution in [2.45, 2.75) is 55.4 Å². The maximum Gasteiger partial charge on any atom is 0.247 e. The number of nitrogens with zero attached hydrogens (tertiary/aromatic N) is 1. The average Bonchev–Trinajstić information content (AvgIpc) is 2.90. The van der Waals surface area contributed by atoms with Gasteiger partial charge in [0.25, 0.3) is 0 Å².